The van der Waals surface area contributed by atoms with Gasteiger partial charge in [-0.25, -0.2) is 0 Å². The van der Waals surface area contributed by atoms with E-state index in [1.165, 1.54) is 88.5 Å². The van der Waals surface area contributed by atoms with Gasteiger partial charge in [-0.15, -0.1) is 0 Å². The van der Waals surface area contributed by atoms with Gasteiger partial charge in [-0.05, 0) is 92.5 Å². The van der Waals surface area contributed by atoms with Crippen LogP contribution in [0, 0.1) is 0 Å². The van der Waals surface area contributed by atoms with E-state index in [0.29, 0.717) is 0 Å². The van der Waals surface area contributed by atoms with Gasteiger partial charge in [-0.2, -0.15) is 0 Å². The van der Waals surface area contributed by atoms with E-state index in [9.17, 15) is 0 Å². The van der Waals surface area contributed by atoms with Crippen LogP contribution in [0.25, 0.3) is 77.6 Å². The van der Waals surface area contributed by atoms with Crippen molar-refractivity contribution in [3.63, 3.8) is 0 Å². The molecule has 9 aromatic carbocycles. The van der Waals surface area contributed by atoms with Gasteiger partial charge in [0.25, 0.3) is 0 Å². The predicted octanol–water partition coefficient (Wildman–Crippen LogP) is 14.4. The lowest BCUT2D eigenvalue weighted by Gasteiger charge is -2.34. The second-order valence-electron chi connectivity index (χ2n) is 15.7. The Kier molecular flexibility index (Phi) is 7.48. The molecule has 0 aliphatic heterocycles. The first kappa shape index (κ1) is 33.5. The van der Waals surface area contributed by atoms with Gasteiger partial charge in [-0.1, -0.05) is 188 Å². The molecule has 0 saturated carbocycles. The molecular formula is C57H38N2. The largest absolute Gasteiger partial charge is 0.307 e. The lowest BCUT2D eigenvalue weighted by molar-refractivity contribution is 0.769. The Labute approximate surface area is 343 Å². The molecule has 0 fully saturated rings. The van der Waals surface area contributed by atoms with Crippen LogP contribution in [0.1, 0.15) is 22.3 Å². The van der Waals surface area contributed by atoms with E-state index < -0.39 is 5.41 Å². The summed E-state index contributed by atoms with van der Waals surface area (Å²) in [6.45, 7) is 0. The first-order chi connectivity index (χ1) is 29.3. The van der Waals surface area contributed by atoms with Crippen molar-refractivity contribution < 1.29 is 0 Å². The van der Waals surface area contributed by atoms with Gasteiger partial charge in [0.2, 0.25) is 0 Å². The Hall–Kier alpha value is -7.68. The van der Waals surface area contributed by atoms with Crippen molar-refractivity contribution in [3.8, 4) is 44.9 Å². The quantitative estimate of drug-likeness (QED) is 0.160. The Balaban J connectivity index is 1.11. The number of benzene rings is 9. The summed E-state index contributed by atoms with van der Waals surface area (Å²) in [4.78, 5) is 0. The van der Waals surface area contributed by atoms with Crippen LogP contribution in [0.4, 0.5) is 0 Å². The van der Waals surface area contributed by atoms with Crippen molar-refractivity contribution in [1.82, 2.24) is 9.13 Å². The number of fused-ring (bicyclic) bond motifs is 8. The molecular weight excluding hydrogens is 713 g/mol. The summed E-state index contributed by atoms with van der Waals surface area (Å²) >= 11 is 0. The van der Waals surface area contributed by atoms with Gasteiger partial charge in [0, 0.05) is 27.5 Å². The number of nitrogens with zero attached hydrogens (tertiary/aromatic N) is 2. The Morgan fingerprint density at radius 3 is 1.68 bits per heavy atom. The van der Waals surface area contributed by atoms with E-state index in [0.717, 1.165) is 11.4 Å². The van der Waals surface area contributed by atoms with Crippen LogP contribution in [0.5, 0.6) is 0 Å². The minimum Gasteiger partial charge on any atom is -0.307 e. The highest BCUT2D eigenvalue weighted by Gasteiger charge is 2.46. The molecule has 0 N–H and O–H groups in total. The maximum absolute atomic E-state index is 2.49. The van der Waals surface area contributed by atoms with Crippen molar-refractivity contribution >= 4 is 32.7 Å². The normalized spacial score (nSPS) is 12.9. The minimum absolute atomic E-state index is 0.459. The highest BCUT2D eigenvalue weighted by Crippen LogP contribution is 2.56. The van der Waals surface area contributed by atoms with Crippen molar-refractivity contribution in [2.45, 2.75) is 5.41 Å². The van der Waals surface area contributed by atoms with Crippen molar-refractivity contribution in [1.29, 1.82) is 0 Å². The van der Waals surface area contributed by atoms with Crippen LogP contribution in [-0.4, -0.2) is 9.13 Å². The zero-order valence-corrected chi connectivity index (χ0v) is 32.3. The number of hydrogen-bond acceptors (Lipinski definition) is 0. The molecule has 2 heteroatoms. The zero-order chi connectivity index (χ0) is 38.9. The van der Waals surface area contributed by atoms with Crippen molar-refractivity contribution in [3.05, 3.63) is 253 Å². The first-order valence-corrected chi connectivity index (χ1v) is 20.4. The fourth-order valence-electron chi connectivity index (χ4n) is 10.1. The number of para-hydroxylation sites is 2. The molecule has 0 unspecified atom stereocenters. The average molecular weight is 751 g/mol. The van der Waals surface area contributed by atoms with Crippen LogP contribution < -0.4 is 0 Å². The van der Waals surface area contributed by atoms with Crippen LogP contribution in [0.2, 0.25) is 0 Å². The monoisotopic (exact) mass is 750 g/mol. The van der Waals surface area contributed by atoms with Crippen LogP contribution >= 0.6 is 0 Å². The summed E-state index contributed by atoms with van der Waals surface area (Å²) in [6.07, 6.45) is 0. The lowest BCUT2D eigenvalue weighted by Crippen LogP contribution is -2.28. The molecule has 0 amide bonds. The van der Waals surface area contributed by atoms with E-state index in [1.807, 2.05) is 0 Å². The minimum atomic E-state index is -0.459. The molecule has 2 aromatic heterocycles. The first-order valence-electron chi connectivity index (χ1n) is 20.4. The molecule has 0 spiro atoms. The number of hydrogen-bond donors (Lipinski definition) is 0. The molecule has 59 heavy (non-hydrogen) atoms. The van der Waals surface area contributed by atoms with Gasteiger partial charge in [0.15, 0.2) is 0 Å². The maximum atomic E-state index is 2.49. The van der Waals surface area contributed by atoms with Crippen LogP contribution in [0.3, 0.4) is 0 Å². The molecule has 0 radical (unpaired) electrons. The van der Waals surface area contributed by atoms with Crippen LogP contribution in [-0.2, 0) is 5.41 Å². The van der Waals surface area contributed by atoms with Crippen molar-refractivity contribution in [2.75, 3.05) is 0 Å². The van der Waals surface area contributed by atoms with Crippen LogP contribution in [0.15, 0.2) is 231 Å². The highest BCUT2D eigenvalue weighted by molar-refractivity contribution is 6.19. The summed E-state index contributed by atoms with van der Waals surface area (Å²) in [6, 6.07) is 84.7. The molecule has 1 aliphatic carbocycles. The Morgan fingerprint density at radius 1 is 0.322 bits per heavy atom. The molecule has 2 nitrogen and oxygen atoms in total. The van der Waals surface area contributed by atoms with E-state index in [-0.39, 0.29) is 0 Å². The van der Waals surface area contributed by atoms with Gasteiger partial charge in [-0.3, -0.25) is 0 Å². The summed E-state index contributed by atoms with van der Waals surface area (Å²) in [7, 11) is 0. The van der Waals surface area contributed by atoms with Gasteiger partial charge in [0.05, 0.1) is 27.7 Å². The molecule has 0 saturated heterocycles. The highest BCUT2D eigenvalue weighted by atomic mass is 15.0. The fourth-order valence-corrected chi connectivity index (χ4v) is 10.1. The summed E-state index contributed by atoms with van der Waals surface area (Å²) < 4.78 is 4.95. The maximum Gasteiger partial charge on any atom is 0.0788 e. The smallest absolute Gasteiger partial charge is 0.0788 e. The molecule has 2 heterocycles. The number of aromatic nitrogens is 2. The topological polar surface area (TPSA) is 9.86 Å². The third-order valence-corrected chi connectivity index (χ3v) is 12.6. The third-order valence-electron chi connectivity index (χ3n) is 12.6. The Morgan fingerprint density at radius 2 is 0.915 bits per heavy atom. The molecule has 276 valence electrons. The van der Waals surface area contributed by atoms with E-state index in [2.05, 4.69) is 240 Å². The standard InChI is InChI=1S/C57H38N2/c1-5-18-39(19-6-1)54-38-42-33-35-50-49-29-14-16-31-53(49)59(56(50)55(42)58(54)45-25-11-4-12-26-45)46-27-17-20-40(36-46)41-32-34-48-47-28-13-15-30-51(47)57(52(48)37-41,43-21-7-2-8-22-43)44-23-9-3-10-24-44/h1-38H. The molecule has 1 aliphatic rings. The lowest BCUT2D eigenvalue weighted by atomic mass is 9.67. The molecule has 11 aromatic rings. The fraction of sp³-hybridized carbons (Fsp3) is 0.0175. The summed E-state index contributed by atoms with van der Waals surface area (Å²) in [5, 5.41) is 3.68. The summed E-state index contributed by atoms with van der Waals surface area (Å²) in [5.74, 6) is 0. The SMILES string of the molecule is c1ccc(-c2cc3ccc4c5ccccc5n(-c5cccc(-c6ccc7c(c6)C(c6ccccc6)(c6ccccc6)c6ccccc6-7)c5)c4c3n2-c2ccccc2)cc1. The molecule has 0 atom stereocenters. The van der Waals surface area contributed by atoms with E-state index >= 15 is 0 Å². The van der Waals surface area contributed by atoms with Gasteiger partial charge >= 0.3 is 0 Å². The number of rotatable bonds is 6. The summed E-state index contributed by atoms with van der Waals surface area (Å²) in [5.41, 5.74) is 17.9. The predicted molar refractivity (Wildman–Crippen MR) is 246 cm³/mol. The average Bonchev–Trinajstić information content (AvgIpc) is 3.97. The van der Waals surface area contributed by atoms with Gasteiger partial charge in [0.1, 0.15) is 0 Å². The van der Waals surface area contributed by atoms with E-state index in [4.69, 9.17) is 0 Å². The van der Waals surface area contributed by atoms with Gasteiger partial charge < -0.3 is 9.13 Å². The van der Waals surface area contributed by atoms with Crippen molar-refractivity contribution in [2.24, 2.45) is 0 Å². The second-order valence-corrected chi connectivity index (χ2v) is 15.7. The molecule has 0 bridgehead atoms. The Bertz CT molecular complexity index is 3320. The van der Waals surface area contributed by atoms with E-state index in [1.54, 1.807) is 0 Å². The molecule has 12 rings (SSSR count). The second kappa shape index (κ2) is 13.2. The zero-order valence-electron chi connectivity index (χ0n) is 32.3. The third kappa shape index (κ3) is 4.93.